The van der Waals surface area contributed by atoms with Crippen molar-refractivity contribution in [3.05, 3.63) is 77.4 Å². The molecule has 0 aliphatic rings. The first-order valence-corrected chi connectivity index (χ1v) is 10.5. The number of rotatable bonds is 6. The third-order valence-corrected chi connectivity index (χ3v) is 5.95. The number of amides is 1. The van der Waals surface area contributed by atoms with Crippen molar-refractivity contribution in [2.75, 3.05) is 11.4 Å². The van der Waals surface area contributed by atoms with Crippen LogP contribution in [0.4, 0.5) is 5.13 Å². The summed E-state index contributed by atoms with van der Waals surface area (Å²) in [6, 6.07) is 12.2. The van der Waals surface area contributed by atoms with E-state index < -0.39 is 0 Å². The molecule has 30 heavy (non-hydrogen) atoms. The van der Waals surface area contributed by atoms with Gasteiger partial charge in [0, 0.05) is 31.0 Å². The summed E-state index contributed by atoms with van der Waals surface area (Å²) in [7, 11) is 0. The standard InChI is InChI=1S/C23H24N4OS.ClH/c1-16-12-17(2)14-19(13-16)22(28)27(10-5-9-26-11-8-24-15-26)23-25-21-18(3)6-4-7-20(21)29-23;/h4,6-8,11-15H,5,9-10H2,1-3H3;1H. The molecule has 0 atom stereocenters. The molecule has 2 heterocycles. The van der Waals surface area contributed by atoms with Crippen LogP contribution in [0, 0.1) is 20.8 Å². The average Bonchev–Trinajstić information content (AvgIpc) is 3.34. The highest BCUT2D eigenvalue weighted by Crippen LogP contribution is 2.31. The Bertz CT molecular complexity index is 1130. The minimum absolute atomic E-state index is 0. The van der Waals surface area contributed by atoms with Crippen LogP contribution in [0.25, 0.3) is 10.2 Å². The first-order chi connectivity index (χ1) is 14.0. The second-order valence-electron chi connectivity index (χ2n) is 7.41. The van der Waals surface area contributed by atoms with Gasteiger partial charge in [0.15, 0.2) is 5.13 Å². The molecule has 0 radical (unpaired) electrons. The topological polar surface area (TPSA) is 51.0 Å². The molecule has 0 N–H and O–H groups in total. The molecule has 0 saturated heterocycles. The Balaban J connectivity index is 0.00000256. The van der Waals surface area contributed by atoms with Gasteiger partial charge in [0.25, 0.3) is 5.91 Å². The second kappa shape index (κ2) is 9.41. The SMILES string of the molecule is Cc1cc(C)cc(C(=O)N(CCCn2ccnc2)c2nc3c(C)cccc3s2)c1.Cl. The van der Waals surface area contributed by atoms with Crippen LogP contribution in [0.5, 0.6) is 0 Å². The molecule has 7 heteroatoms. The molecular formula is C23H25ClN4OS. The van der Waals surface area contributed by atoms with Crippen LogP contribution >= 0.6 is 23.7 Å². The number of halogens is 1. The molecule has 0 aliphatic heterocycles. The number of hydrogen-bond donors (Lipinski definition) is 0. The summed E-state index contributed by atoms with van der Waals surface area (Å²) in [6.45, 7) is 7.51. The van der Waals surface area contributed by atoms with Gasteiger partial charge in [-0.25, -0.2) is 9.97 Å². The van der Waals surface area contributed by atoms with E-state index >= 15 is 0 Å². The van der Waals surface area contributed by atoms with E-state index in [9.17, 15) is 4.79 Å². The van der Waals surface area contributed by atoms with Crippen LogP contribution in [0.1, 0.15) is 33.5 Å². The first kappa shape index (κ1) is 22.0. The predicted octanol–water partition coefficient (Wildman–Crippen LogP) is 5.58. The molecule has 0 spiro atoms. The molecule has 4 aromatic rings. The number of benzene rings is 2. The van der Waals surface area contributed by atoms with Crippen molar-refractivity contribution in [1.29, 1.82) is 0 Å². The number of aryl methyl sites for hydroxylation is 4. The van der Waals surface area contributed by atoms with Gasteiger partial charge >= 0.3 is 0 Å². The Morgan fingerprint density at radius 1 is 1.13 bits per heavy atom. The molecule has 1 amide bonds. The van der Waals surface area contributed by atoms with Gasteiger partial charge in [0.1, 0.15) is 0 Å². The third kappa shape index (κ3) is 4.71. The van der Waals surface area contributed by atoms with Crippen LogP contribution in [-0.2, 0) is 6.54 Å². The molecule has 2 aromatic heterocycles. The van der Waals surface area contributed by atoms with Gasteiger partial charge in [0.2, 0.25) is 0 Å². The summed E-state index contributed by atoms with van der Waals surface area (Å²) in [4.78, 5) is 24.2. The lowest BCUT2D eigenvalue weighted by Crippen LogP contribution is -2.32. The van der Waals surface area contributed by atoms with Gasteiger partial charge in [-0.15, -0.1) is 12.4 Å². The van der Waals surface area contributed by atoms with E-state index in [1.54, 1.807) is 23.9 Å². The van der Waals surface area contributed by atoms with E-state index in [4.69, 9.17) is 4.98 Å². The van der Waals surface area contributed by atoms with Gasteiger partial charge in [-0.2, -0.15) is 0 Å². The van der Waals surface area contributed by atoms with Gasteiger partial charge in [-0.05, 0) is 51.0 Å². The lowest BCUT2D eigenvalue weighted by Gasteiger charge is -2.20. The lowest BCUT2D eigenvalue weighted by molar-refractivity contribution is 0.0986. The molecule has 2 aromatic carbocycles. The number of fused-ring (bicyclic) bond motifs is 1. The minimum atomic E-state index is -0.000796. The number of carbonyl (C=O) groups excluding carboxylic acids is 1. The van der Waals surface area contributed by atoms with Gasteiger partial charge in [0.05, 0.1) is 16.5 Å². The van der Waals surface area contributed by atoms with E-state index in [2.05, 4.69) is 30.1 Å². The number of carbonyl (C=O) groups is 1. The van der Waals surface area contributed by atoms with Crippen molar-refractivity contribution >= 4 is 45.0 Å². The first-order valence-electron chi connectivity index (χ1n) is 9.73. The zero-order chi connectivity index (χ0) is 20.4. The zero-order valence-electron chi connectivity index (χ0n) is 17.3. The number of anilines is 1. The Morgan fingerprint density at radius 3 is 2.57 bits per heavy atom. The van der Waals surface area contributed by atoms with E-state index in [1.165, 1.54) is 0 Å². The molecule has 0 saturated carbocycles. The number of imidazole rings is 1. The molecule has 0 unspecified atom stereocenters. The summed E-state index contributed by atoms with van der Waals surface area (Å²) in [6.07, 6.45) is 6.34. The molecular weight excluding hydrogens is 416 g/mol. The highest BCUT2D eigenvalue weighted by Gasteiger charge is 2.22. The monoisotopic (exact) mass is 440 g/mol. The fourth-order valence-corrected chi connectivity index (χ4v) is 4.63. The highest BCUT2D eigenvalue weighted by molar-refractivity contribution is 7.22. The molecule has 0 aliphatic carbocycles. The lowest BCUT2D eigenvalue weighted by atomic mass is 10.1. The fraction of sp³-hybridized carbons (Fsp3) is 0.261. The molecule has 0 fully saturated rings. The Labute approximate surface area is 186 Å². The molecule has 0 bridgehead atoms. The summed E-state index contributed by atoms with van der Waals surface area (Å²) in [5.74, 6) is -0.000796. The summed E-state index contributed by atoms with van der Waals surface area (Å²) in [5.41, 5.74) is 4.99. The van der Waals surface area contributed by atoms with Crippen molar-refractivity contribution in [2.24, 2.45) is 0 Å². The van der Waals surface area contributed by atoms with E-state index in [0.717, 1.165) is 45.0 Å². The van der Waals surface area contributed by atoms with Crippen LogP contribution < -0.4 is 4.90 Å². The van der Waals surface area contributed by atoms with E-state index in [1.807, 2.05) is 47.7 Å². The summed E-state index contributed by atoms with van der Waals surface area (Å²) in [5, 5.41) is 0.754. The molecule has 5 nitrogen and oxygen atoms in total. The van der Waals surface area contributed by atoms with Crippen LogP contribution in [0.2, 0.25) is 0 Å². The smallest absolute Gasteiger partial charge is 0.260 e. The maximum atomic E-state index is 13.5. The van der Waals surface area contributed by atoms with Gasteiger partial charge < -0.3 is 4.57 Å². The van der Waals surface area contributed by atoms with Crippen molar-refractivity contribution < 1.29 is 4.79 Å². The zero-order valence-corrected chi connectivity index (χ0v) is 19.0. The quantitative estimate of drug-likeness (QED) is 0.393. The summed E-state index contributed by atoms with van der Waals surface area (Å²) >= 11 is 1.57. The van der Waals surface area contributed by atoms with Crippen LogP contribution in [0.3, 0.4) is 0 Å². The van der Waals surface area contributed by atoms with E-state index in [0.29, 0.717) is 12.1 Å². The third-order valence-electron chi connectivity index (χ3n) is 4.91. The maximum Gasteiger partial charge on any atom is 0.260 e. The Morgan fingerprint density at radius 2 is 1.90 bits per heavy atom. The second-order valence-corrected chi connectivity index (χ2v) is 8.41. The number of hydrogen-bond acceptors (Lipinski definition) is 4. The van der Waals surface area contributed by atoms with Gasteiger partial charge in [-0.1, -0.05) is 40.7 Å². The maximum absolute atomic E-state index is 13.5. The average molecular weight is 441 g/mol. The molecule has 4 rings (SSSR count). The number of thiazole rings is 1. The summed E-state index contributed by atoms with van der Waals surface area (Å²) < 4.78 is 3.13. The van der Waals surface area contributed by atoms with Gasteiger partial charge in [-0.3, -0.25) is 9.69 Å². The number of para-hydroxylation sites is 1. The van der Waals surface area contributed by atoms with E-state index in [-0.39, 0.29) is 18.3 Å². The van der Waals surface area contributed by atoms with Crippen LogP contribution in [-0.4, -0.2) is 27.0 Å². The highest BCUT2D eigenvalue weighted by atomic mass is 35.5. The Hall–Kier alpha value is -2.70. The Kier molecular flexibility index (Phi) is 6.90. The van der Waals surface area contributed by atoms with Crippen molar-refractivity contribution in [3.8, 4) is 0 Å². The number of nitrogens with zero attached hydrogens (tertiary/aromatic N) is 4. The normalized spacial score (nSPS) is 10.8. The molecule has 156 valence electrons. The fourth-order valence-electron chi connectivity index (χ4n) is 3.56. The largest absolute Gasteiger partial charge is 0.337 e. The van der Waals surface area contributed by atoms with Crippen LogP contribution in [0.15, 0.2) is 55.1 Å². The van der Waals surface area contributed by atoms with Crippen molar-refractivity contribution in [3.63, 3.8) is 0 Å². The van der Waals surface area contributed by atoms with Crippen molar-refractivity contribution in [2.45, 2.75) is 33.7 Å². The predicted molar refractivity (Wildman–Crippen MR) is 126 cm³/mol. The number of aromatic nitrogens is 3. The minimum Gasteiger partial charge on any atom is -0.337 e. The van der Waals surface area contributed by atoms with Crippen molar-refractivity contribution in [1.82, 2.24) is 14.5 Å².